The second-order valence-electron chi connectivity index (χ2n) is 3.46. The molecular formula is C10H10ClF6NO. The third kappa shape index (κ3) is 6.02. The molecule has 2 nitrogen and oxygen atoms in total. The Bertz CT molecular complexity index is 411. The fraction of sp³-hybridized carbons (Fsp3) is 0.400. The highest BCUT2D eigenvalue weighted by Crippen LogP contribution is 2.28. The Labute approximate surface area is 110 Å². The van der Waals surface area contributed by atoms with E-state index in [1.807, 2.05) is 0 Å². The Hall–Kier alpha value is -1.15. The van der Waals surface area contributed by atoms with Crippen molar-refractivity contribution in [3.63, 3.8) is 0 Å². The molecule has 19 heavy (non-hydrogen) atoms. The number of alkyl halides is 5. The van der Waals surface area contributed by atoms with Crippen LogP contribution in [0.4, 0.5) is 26.3 Å². The number of hydrogen-bond donors (Lipinski definition) is 1. The fourth-order valence-corrected chi connectivity index (χ4v) is 1.32. The minimum Gasteiger partial charge on any atom is -0.406 e. The van der Waals surface area contributed by atoms with Gasteiger partial charge in [0, 0.05) is 18.0 Å². The number of rotatable bonds is 4. The van der Waals surface area contributed by atoms with Crippen molar-refractivity contribution in [1.29, 1.82) is 0 Å². The van der Waals surface area contributed by atoms with Crippen molar-refractivity contribution in [3.05, 3.63) is 29.6 Å². The second kappa shape index (κ2) is 6.85. The number of ether oxygens (including phenoxy) is 1. The van der Waals surface area contributed by atoms with Gasteiger partial charge in [0.05, 0.1) is 0 Å². The maximum atomic E-state index is 13.2. The van der Waals surface area contributed by atoms with Gasteiger partial charge in [0.25, 0.3) is 0 Å². The topological polar surface area (TPSA) is 35.2 Å². The summed E-state index contributed by atoms with van der Waals surface area (Å²) in [5.74, 6) is -1.67. The van der Waals surface area contributed by atoms with Gasteiger partial charge in [-0.05, 0) is 18.2 Å². The zero-order valence-corrected chi connectivity index (χ0v) is 10.1. The van der Waals surface area contributed by atoms with Crippen LogP contribution in [0.1, 0.15) is 18.0 Å². The molecular weight excluding hydrogens is 300 g/mol. The van der Waals surface area contributed by atoms with E-state index in [1.165, 1.54) is 0 Å². The van der Waals surface area contributed by atoms with Gasteiger partial charge in [-0.25, -0.2) is 13.2 Å². The summed E-state index contributed by atoms with van der Waals surface area (Å²) in [4.78, 5) is 0. The van der Waals surface area contributed by atoms with Gasteiger partial charge in [-0.1, -0.05) is 0 Å². The highest BCUT2D eigenvalue weighted by molar-refractivity contribution is 5.85. The van der Waals surface area contributed by atoms with Crippen LogP contribution in [0.25, 0.3) is 0 Å². The van der Waals surface area contributed by atoms with E-state index in [2.05, 4.69) is 4.74 Å². The summed E-state index contributed by atoms with van der Waals surface area (Å²) in [5, 5.41) is 0. The summed E-state index contributed by atoms with van der Waals surface area (Å²) in [7, 11) is 0. The Balaban J connectivity index is 0.00000324. The molecule has 1 aromatic rings. The van der Waals surface area contributed by atoms with E-state index in [1.54, 1.807) is 0 Å². The van der Waals surface area contributed by atoms with Gasteiger partial charge in [-0.2, -0.15) is 0 Å². The van der Waals surface area contributed by atoms with Crippen LogP contribution in [0.2, 0.25) is 0 Å². The normalized spacial score (nSPS) is 13.1. The molecule has 0 amide bonds. The van der Waals surface area contributed by atoms with E-state index in [0.717, 1.165) is 6.07 Å². The highest BCUT2D eigenvalue weighted by atomic mass is 35.5. The Morgan fingerprint density at radius 2 is 1.79 bits per heavy atom. The first-order chi connectivity index (χ1) is 8.19. The van der Waals surface area contributed by atoms with E-state index in [9.17, 15) is 26.3 Å². The van der Waals surface area contributed by atoms with E-state index in [0.29, 0.717) is 12.1 Å². The smallest absolute Gasteiger partial charge is 0.406 e. The lowest BCUT2D eigenvalue weighted by Gasteiger charge is -2.15. The third-order valence-corrected chi connectivity index (χ3v) is 2.03. The van der Waals surface area contributed by atoms with Crippen molar-refractivity contribution >= 4 is 12.4 Å². The summed E-state index contributed by atoms with van der Waals surface area (Å²) < 4.78 is 76.7. The molecule has 9 heteroatoms. The van der Waals surface area contributed by atoms with Crippen molar-refractivity contribution in [2.24, 2.45) is 5.73 Å². The van der Waals surface area contributed by atoms with Gasteiger partial charge in [-0.3, -0.25) is 0 Å². The maximum Gasteiger partial charge on any atom is 0.573 e. The van der Waals surface area contributed by atoms with Crippen molar-refractivity contribution in [2.45, 2.75) is 25.3 Å². The zero-order valence-electron chi connectivity index (χ0n) is 9.26. The van der Waals surface area contributed by atoms with Gasteiger partial charge in [0.1, 0.15) is 11.6 Å². The van der Waals surface area contributed by atoms with Gasteiger partial charge < -0.3 is 10.5 Å². The lowest BCUT2D eigenvalue weighted by Crippen LogP contribution is -2.19. The number of benzene rings is 1. The van der Waals surface area contributed by atoms with E-state index in [4.69, 9.17) is 5.73 Å². The van der Waals surface area contributed by atoms with Gasteiger partial charge in [-0.15, -0.1) is 25.6 Å². The van der Waals surface area contributed by atoms with Crippen LogP contribution in [-0.4, -0.2) is 12.8 Å². The predicted octanol–water partition coefficient (Wildman–Crippen LogP) is 3.80. The molecule has 0 aromatic heterocycles. The molecule has 0 saturated carbocycles. The van der Waals surface area contributed by atoms with Crippen LogP contribution < -0.4 is 10.5 Å². The maximum absolute atomic E-state index is 13.2. The SMILES string of the molecule is Cl.N[C@@H](CC(F)F)c1cc(OC(F)(F)F)ccc1F. The Morgan fingerprint density at radius 3 is 2.26 bits per heavy atom. The lowest BCUT2D eigenvalue weighted by molar-refractivity contribution is -0.274. The quantitative estimate of drug-likeness (QED) is 0.859. The average molecular weight is 310 g/mol. The minimum absolute atomic E-state index is 0. The summed E-state index contributed by atoms with van der Waals surface area (Å²) in [6.07, 6.45) is -8.58. The fourth-order valence-electron chi connectivity index (χ4n) is 1.32. The molecule has 0 aliphatic heterocycles. The monoisotopic (exact) mass is 309 g/mol. The lowest BCUT2D eigenvalue weighted by atomic mass is 10.0. The predicted molar refractivity (Wildman–Crippen MR) is 57.9 cm³/mol. The molecule has 1 atom stereocenters. The first-order valence-corrected chi connectivity index (χ1v) is 4.78. The van der Waals surface area contributed by atoms with Crippen LogP contribution in [0, 0.1) is 5.82 Å². The zero-order chi connectivity index (χ0) is 13.9. The molecule has 0 spiro atoms. The van der Waals surface area contributed by atoms with Crippen LogP contribution in [0.15, 0.2) is 18.2 Å². The van der Waals surface area contributed by atoms with Crippen molar-refractivity contribution in [3.8, 4) is 5.75 Å². The number of halogens is 7. The molecule has 1 rings (SSSR count). The summed E-state index contributed by atoms with van der Waals surface area (Å²) >= 11 is 0. The first kappa shape index (κ1) is 17.8. The molecule has 0 bridgehead atoms. The minimum atomic E-state index is -4.94. The van der Waals surface area contributed by atoms with Gasteiger partial charge in [0.2, 0.25) is 6.43 Å². The molecule has 0 saturated heterocycles. The summed E-state index contributed by atoms with van der Waals surface area (Å²) in [6, 6.07) is 0.681. The van der Waals surface area contributed by atoms with Crippen molar-refractivity contribution < 1.29 is 31.1 Å². The van der Waals surface area contributed by atoms with Crippen LogP contribution >= 0.6 is 12.4 Å². The first-order valence-electron chi connectivity index (χ1n) is 4.78. The average Bonchev–Trinajstić information content (AvgIpc) is 2.17. The molecule has 0 heterocycles. The largest absolute Gasteiger partial charge is 0.573 e. The Morgan fingerprint density at radius 1 is 1.21 bits per heavy atom. The molecule has 110 valence electrons. The molecule has 1 aromatic carbocycles. The highest BCUT2D eigenvalue weighted by Gasteiger charge is 2.31. The molecule has 0 unspecified atom stereocenters. The molecule has 0 fully saturated rings. The third-order valence-electron chi connectivity index (χ3n) is 2.03. The standard InChI is InChI=1S/C10H9F6NO.ClH/c11-7-2-1-5(18-10(14,15)16)3-6(7)8(17)4-9(12)13;/h1-3,8-9H,4,17H2;1H/t8-;/m0./s1. The van der Waals surface area contributed by atoms with Gasteiger partial charge in [0.15, 0.2) is 0 Å². The van der Waals surface area contributed by atoms with E-state index >= 15 is 0 Å². The molecule has 0 radical (unpaired) electrons. The van der Waals surface area contributed by atoms with Crippen LogP contribution in [0.5, 0.6) is 5.75 Å². The summed E-state index contributed by atoms with van der Waals surface area (Å²) in [5.41, 5.74) is 4.83. The number of nitrogens with two attached hydrogens (primary N) is 1. The Kier molecular flexibility index (Phi) is 6.44. The van der Waals surface area contributed by atoms with E-state index in [-0.39, 0.29) is 12.4 Å². The molecule has 2 N–H and O–H groups in total. The van der Waals surface area contributed by atoms with E-state index < -0.39 is 42.4 Å². The van der Waals surface area contributed by atoms with Crippen LogP contribution in [-0.2, 0) is 0 Å². The van der Waals surface area contributed by atoms with Crippen LogP contribution in [0.3, 0.4) is 0 Å². The van der Waals surface area contributed by atoms with Gasteiger partial charge >= 0.3 is 6.36 Å². The van der Waals surface area contributed by atoms with Crippen molar-refractivity contribution in [2.75, 3.05) is 0 Å². The number of hydrogen-bond acceptors (Lipinski definition) is 2. The molecule has 0 aliphatic rings. The second-order valence-corrected chi connectivity index (χ2v) is 3.46. The van der Waals surface area contributed by atoms with Crippen molar-refractivity contribution in [1.82, 2.24) is 0 Å². The summed E-state index contributed by atoms with van der Waals surface area (Å²) in [6.45, 7) is 0. The molecule has 0 aliphatic carbocycles.